The first kappa shape index (κ1) is 21.4. The summed E-state index contributed by atoms with van der Waals surface area (Å²) in [6.07, 6.45) is 1.89. The Hall–Kier alpha value is -3.82. The highest BCUT2D eigenvalue weighted by Crippen LogP contribution is 2.39. The lowest BCUT2D eigenvalue weighted by molar-refractivity contribution is -0.0505. The van der Waals surface area contributed by atoms with Crippen molar-refractivity contribution in [3.8, 4) is 22.9 Å². The highest BCUT2D eigenvalue weighted by molar-refractivity contribution is 5.79. The van der Waals surface area contributed by atoms with E-state index < -0.39 is 6.61 Å². The molecule has 2 aromatic carbocycles. The molecule has 0 amide bonds. The van der Waals surface area contributed by atoms with E-state index >= 15 is 0 Å². The van der Waals surface area contributed by atoms with Crippen LogP contribution in [0.1, 0.15) is 18.2 Å². The summed E-state index contributed by atoms with van der Waals surface area (Å²) in [5, 5.41) is 10.9. The molecule has 0 aliphatic carbocycles. The van der Waals surface area contributed by atoms with Gasteiger partial charge in [0.15, 0.2) is 17.5 Å². The van der Waals surface area contributed by atoms with E-state index in [0.717, 1.165) is 11.4 Å². The van der Waals surface area contributed by atoms with Gasteiger partial charge in [0, 0.05) is 24.4 Å². The lowest BCUT2D eigenvalue weighted by Crippen LogP contribution is -2.36. The number of nitrogens with zero attached hydrogens (tertiary/aromatic N) is 3. The zero-order chi connectivity index (χ0) is 22.3. The quantitative estimate of drug-likeness (QED) is 0.410. The van der Waals surface area contributed by atoms with Gasteiger partial charge in [-0.1, -0.05) is 18.2 Å². The highest BCUT2D eigenvalue weighted by Gasteiger charge is 2.20. The number of hydrogen-bond donors (Lipinski definition) is 2. The molecule has 1 aromatic heterocycles. The van der Waals surface area contributed by atoms with Crippen LogP contribution in [0.25, 0.3) is 5.69 Å². The standard InChI is InChI=1S/C22H23F2N5O3/c1-2-25-22(27-13-16-8-9-29(28-16)17-6-4-3-5-7-17)26-12-15-10-19-20(31-14-30-19)11-18(15)32-21(23)24/h3-11,21H,2,12-14H2,1H3,(H2,25,26,27). The number of nitrogens with one attached hydrogen (secondary N) is 2. The molecule has 1 aliphatic heterocycles. The molecule has 0 unspecified atom stereocenters. The summed E-state index contributed by atoms with van der Waals surface area (Å²) in [6.45, 7) is 0.193. The summed E-state index contributed by atoms with van der Waals surface area (Å²) in [6, 6.07) is 14.7. The molecular formula is C22H23F2N5O3. The molecule has 0 atom stereocenters. The Kier molecular flexibility index (Phi) is 6.69. The number of aliphatic imine (C=N–C) groups is 1. The molecular weight excluding hydrogens is 420 g/mol. The number of alkyl halides is 2. The minimum Gasteiger partial charge on any atom is -0.454 e. The van der Waals surface area contributed by atoms with Gasteiger partial charge in [0.1, 0.15) is 5.75 Å². The molecule has 4 rings (SSSR count). The molecule has 32 heavy (non-hydrogen) atoms. The Bertz CT molecular complexity index is 1070. The summed E-state index contributed by atoms with van der Waals surface area (Å²) in [5.74, 6) is 1.36. The van der Waals surface area contributed by atoms with Crippen molar-refractivity contribution >= 4 is 5.96 Å². The number of ether oxygens (including phenoxy) is 3. The Morgan fingerprint density at radius 1 is 1.16 bits per heavy atom. The zero-order valence-electron chi connectivity index (χ0n) is 17.4. The topological polar surface area (TPSA) is 81.9 Å². The van der Waals surface area contributed by atoms with Gasteiger partial charge in [0.2, 0.25) is 6.79 Å². The Morgan fingerprint density at radius 3 is 2.69 bits per heavy atom. The molecule has 8 nitrogen and oxygen atoms in total. The lowest BCUT2D eigenvalue weighted by atomic mass is 10.1. The molecule has 0 saturated heterocycles. The van der Waals surface area contributed by atoms with Gasteiger partial charge in [0.25, 0.3) is 0 Å². The van der Waals surface area contributed by atoms with Gasteiger partial charge >= 0.3 is 6.61 Å². The number of aromatic nitrogens is 2. The second-order valence-electron chi connectivity index (χ2n) is 6.83. The molecule has 0 spiro atoms. The molecule has 2 heterocycles. The smallest absolute Gasteiger partial charge is 0.387 e. The van der Waals surface area contributed by atoms with E-state index in [9.17, 15) is 8.78 Å². The van der Waals surface area contributed by atoms with E-state index in [1.54, 1.807) is 10.7 Å². The van der Waals surface area contributed by atoms with E-state index in [4.69, 9.17) is 9.47 Å². The van der Waals surface area contributed by atoms with Crippen LogP contribution in [0.15, 0.2) is 59.7 Å². The van der Waals surface area contributed by atoms with Crippen LogP contribution in [0.2, 0.25) is 0 Å². The number of benzene rings is 2. The minimum absolute atomic E-state index is 0.00505. The van der Waals surface area contributed by atoms with Crippen LogP contribution in [0, 0.1) is 0 Å². The number of para-hydroxylation sites is 1. The van der Waals surface area contributed by atoms with Gasteiger partial charge in [-0.3, -0.25) is 0 Å². The number of rotatable bonds is 8. The maximum Gasteiger partial charge on any atom is 0.387 e. The van der Waals surface area contributed by atoms with Gasteiger partial charge in [-0.15, -0.1) is 0 Å². The fourth-order valence-electron chi connectivity index (χ4n) is 3.16. The molecule has 10 heteroatoms. The van der Waals surface area contributed by atoms with Gasteiger partial charge in [0.05, 0.1) is 24.5 Å². The number of guanidine groups is 1. The minimum atomic E-state index is -2.95. The van der Waals surface area contributed by atoms with Crippen LogP contribution in [-0.2, 0) is 13.1 Å². The molecule has 0 bridgehead atoms. The first-order valence-electron chi connectivity index (χ1n) is 10.1. The number of hydrogen-bond acceptors (Lipinski definition) is 5. The average molecular weight is 443 g/mol. The van der Waals surface area contributed by atoms with Crippen LogP contribution in [0.3, 0.4) is 0 Å². The van der Waals surface area contributed by atoms with Crippen molar-refractivity contribution in [2.24, 2.45) is 4.99 Å². The van der Waals surface area contributed by atoms with Crippen molar-refractivity contribution in [3.05, 3.63) is 66.0 Å². The third-order valence-corrected chi connectivity index (χ3v) is 4.63. The van der Waals surface area contributed by atoms with E-state index in [0.29, 0.717) is 36.1 Å². The second-order valence-corrected chi connectivity index (χ2v) is 6.83. The predicted molar refractivity (Wildman–Crippen MR) is 114 cm³/mol. The lowest BCUT2D eigenvalue weighted by Gasteiger charge is -2.13. The summed E-state index contributed by atoms with van der Waals surface area (Å²) in [4.78, 5) is 4.50. The Morgan fingerprint density at radius 2 is 1.94 bits per heavy atom. The summed E-state index contributed by atoms with van der Waals surface area (Å²) in [7, 11) is 0. The van der Waals surface area contributed by atoms with E-state index in [1.807, 2.05) is 49.5 Å². The van der Waals surface area contributed by atoms with Crippen molar-refractivity contribution < 1.29 is 23.0 Å². The maximum atomic E-state index is 12.8. The fraction of sp³-hybridized carbons (Fsp3) is 0.273. The highest BCUT2D eigenvalue weighted by atomic mass is 19.3. The van der Waals surface area contributed by atoms with E-state index in [1.165, 1.54) is 6.07 Å². The summed E-state index contributed by atoms with van der Waals surface area (Å²) in [5.41, 5.74) is 2.25. The van der Waals surface area contributed by atoms with Gasteiger partial charge in [-0.25, -0.2) is 9.67 Å². The van der Waals surface area contributed by atoms with Gasteiger partial charge in [-0.05, 0) is 31.2 Å². The Balaban J connectivity index is 1.45. The molecule has 2 N–H and O–H groups in total. The molecule has 3 aromatic rings. The average Bonchev–Trinajstić information content (AvgIpc) is 3.45. The third-order valence-electron chi connectivity index (χ3n) is 4.63. The number of halogens is 2. The van der Waals surface area contributed by atoms with Crippen molar-refractivity contribution in [2.45, 2.75) is 26.6 Å². The van der Waals surface area contributed by atoms with Crippen LogP contribution < -0.4 is 24.8 Å². The second kappa shape index (κ2) is 9.99. The zero-order valence-corrected chi connectivity index (χ0v) is 17.4. The summed E-state index contributed by atoms with van der Waals surface area (Å²) < 4.78 is 42.7. The molecule has 168 valence electrons. The molecule has 0 fully saturated rings. The monoisotopic (exact) mass is 443 g/mol. The fourth-order valence-corrected chi connectivity index (χ4v) is 3.16. The van der Waals surface area contributed by atoms with Crippen molar-refractivity contribution in [1.29, 1.82) is 0 Å². The first-order valence-corrected chi connectivity index (χ1v) is 10.1. The van der Waals surface area contributed by atoms with E-state index in [2.05, 4.69) is 25.5 Å². The summed E-state index contributed by atoms with van der Waals surface area (Å²) >= 11 is 0. The van der Waals surface area contributed by atoms with Gasteiger partial charge < -0.3 is 24.8 Å². The van der Waals surface area contributed by atoms with Gasteiger partial charge in [-0.2, -0.15) is 13.9 Å². The van der Waals surface area contributed by atoms with Crippen LogP contribution in [0.4, 0.5) is 8.78 Å². The largest absolute Gasteiger partial charge is 0.454 e. The Labute approximate surface area is 183 Å². The number of fused-ring (bicyclic) bond motifs is 1. The SMILES string of the molecule is CCNC(=NCc1cc2c(cc1OC(F)F)OCO2)NCc1ccn(-c2ccccc2)n1. The first-order chi connectivity index (χ1) is 15.6. The third kappa shape index (κ3) is 5.26. The predicted octanol–water partition coefficient (Wildman–Crippen LogP) is 3.46. The van der Waals surface area contributed by atoms with Crippen molar-refractivity contribution in [2.75, 3.05) is 13.3 Å². The molecule has 1 aliphatic rings. The van der Waals surface area contributed by atoms with Crippen molar-refractivity contribution in [3.63, 3.8) is 0 Å². The molecule has 0 radical (unpaired) electrons. The van der Waals surface area contributed by atoms with Crippen LogP contribution in [0.5, 0.6) is 17.2 Å². The molecule has 0 saturated carbocycles. The van der Waals surface area contributed by atoms with E-state index in [-0.39, 0.29) is 19.1 Å². The van der Waals surface area contributed by atoms with Crippen molar-refractivity contribution in [1.82, 2.24) is 20.4 Å². The van der Waals surface area contributed by atoms with Crippen LogP contribution in [-0.4, -0.2) is 35.7 Å². The maximum absolute atomic E-state index is 12.8. The normalized spacial score (nSPS) is 12.8. The van der Waals surface area contributed by atoms with Crippen LogP contribution >= 0.6 is 0 Å².